The van der Waals surface area contributed by atoms with Gasteiger partial charge in [0.1, 0.15) is 18.0 Å². The van der Waals surface area contributed by atoms with Crippen LogP contribution in [0.5, 0.6) is 11.5 Å². The Morgan fingerprint density at radius 1 is 0.968 bits per heavy atom. The number of anilines is 1. The number of carboxylic acids is 1. The van der Waals surface area contributed by atoms with Crippen LogP contribution in [0.4, 0.5) is 5.69 Å². The van der Waals surface area contributed by atoms with Crippen molar-refractivity contribution in [1.29, 1.82) is 0 Å². The highest BCUT2D eigenvalue weighted by molar-refractivity contribution is 5.98. The van der Waals surface area contributed by atoms with Gasteiger partial charge in [-0.25, -0.2) is 9.79 Å². The minimum atomic E-state index is -0.919. The maximum atomic E-state index is 12.1. The lowest BCUT2D eigenvalue weighted by Crippen LogP contribution is -2.79. The highest BCUT2D eigenvalue weighted by atomic mass is 16.5. The Morgan fingerprint density at radius 3 is 2.74 bits per heavy atom. The highest BCUT2D eigenvalue weighted by Crippen LogP contribution is 2.41. The Kier molecular flexibility index (Phi) is 4.10. The number of fused-ring (bicyclic) bond motifs is 4. The zero-order valence-electron chi connectivity index (χ0n) is 17.1. The van der Waals surface area contributed by atoms with E-state index >= 15 is 0 Å². The van der Waals surface area contributed by atoms with Crippen molar-refractivity contribution in [1.82, 2.24) is 0 Å². The van der Waals surface area contributed by atoms with Crippen LogP contribution in [0.3, 0.4) is 0 Å². The Bertz CT molecular complexity index is 1370. The number of hydrogen-bond donors (Lipinski definition) is 3. The predicted molar refractivity (Wildman–Crippen MR) is 117 cm³/mol. The van der Waals surface area contributed by atoms with Crippen molar-refractivity contribution < 1.29 is 19.6 Å². The van der Waals surface area contributed by atoms with Crippen LogP contribution in [-0.4, -0.2) is 24.2 Å². The van der Waals surface area contributed by atoms with Gasteiger partial charge in [0.25, 0.3) is 0 Å². The van der Waals surface area contributed by atoms with Gasteiger partial charge in [0.15, 0.2) is 0 Å². The normalized spacial score (nSPS) is 15.9. The predicted octanol–water partition coefficient (Wildman–Crippen LogP) is 1.74. The first-order chi connectivity index (χ1) is 15.2. The maximum absolute atomic E-state index is 12.1. The molecule has 3 aromatic carbocycles. The quantitative estimate of drug-likeness (QED) is 0.470. The third-order valence-corrected chi connectivity index (χ3v) is 6.47. The fourth-order valence-corrected chi connectivity index (χ4v) is 5.00. The van der Waals surface area contributed by atoms with Crippen LogP contribution in [0.25, 0.3) is 5.57 Å². The summed E-state index contributed by atoms with van der Waals surface area (Å²) >= 11 is 0. The van der Waals surface area contributed by atoms with Gasteiger partial charge < -0.3 is 15.2 Å². The first kappa shape index (κ1) is 18.2. The van der Waals surface area contributed by atoms with Gasteiger partial charge in [-0.3, -0.25) is 0 Å². The molecular weight excluding hydrogens is 388 g/mol. The van der Waals surface area contributed by atoms with Gasteiger partial charge in [0.2, 0.25) is 5.36 Å². The molecule has 0 aromatic heterocycles. The molecule has 0 unspecified atom stereocenters. The van der Waals surface area contributed by atoms with Gasteiger partial charge in [0.05, 0.1) is 11.6 Å². The number of rotatable bonds is 2. The zero-order chi connectivity index (χ0) is 20.9. The number of nitrogens with one attached hydrogen (secondary N) is 2. The molecule has 0 bridgehead atoms. The summed E-state index contributed by atoms with van der Waals surface area (Å²) in [5, 5.41) is 15.5. The first-order valence-corrected chi connectivity index (χ1v) is 10.9. The minimum absolute atomic E-state index is 0.308. The molecule has 3 aromatic rings. The molecule has 0 amide bonds. The van der Waals surface area contributed by atoms with E-state index in [-0.39, 0.29) is 0 Å². The summed E-state index contributed by atoms with van der Waals surface area (Å²) in [6.45, 7) is 1.91. The molecule has 0 spiro atoms. The Morgan fingerprint density at radius 2 is 1.84 bits per heavy atom. The summed E-state index contributed by atoms with van der Waals surface area (Å²) in [5.41, 5.74) is 6.55. The Balaban J connectivity index is 1.73. The fraction of sp³-hybridized carbons (Fsp3) is 0.231. The highest BCUT2D eigenvalue weighted by Gasteiger charge is 2.27. The van der Waals surface area contributed by atoms with Crippen molar-refractivity contribution in [3.63, 3.8) is 0 Å². The SMILES string of the molecule is O=C(O)c1ccccc1C1=c2cc3c(cc2Oc2cc4c(cc21)CCCN4)=[NH+]CCC3. The average Bonchev–Trinajstić information content (AvgIpc) is 2.80. The van der Waals surface area contributed by atoms with E-state index in [9.17, 15) is 9.90 Å². The van der Waals surface area contributed by atoms with Gasteiger partial charge in [-0.15, -0.1) is 0 Å². The summed E-state index contributed by atoms with van der Waals surface area (Å²) in [6, 6.07) is 15.8. The molecule has 3 aliphatic heterocycles. The summed E-state index contributed by atoms with van der Waals surface area (Å²) in [4.78, 5) is 15.6. The van der Waals surface area contributed by atoms with E-state index in [0.717, 1.165) is 83.2 Å². The first-order valence-electron chi connectivity index (χ1n) is 10.9. The number of aromatic carboxylic acids is 1. The molecule has 3 N–H and O–H groups in total. The molecule has 0 fully saturated rings. The molecule has 5 heteroatoms. The molecular formula is C26H23N2O3+. The lowest BCUT2D eigenvalue weighted by molar-refractivity contribution is -0.505. The Hall–Kier alpha value is -3.60. The second-order valence-electron chi connectivity index (χ2n) is 8.40. The van der Waals surface area contributed by atoms with E-state index in [1.54, 1.807) is 12.1 Å². The van der Waals surface area contributed by atoms with E-state index in [1.807, 2.05) is 12.1 Å². The third-order valence-electron chi connectivity index (χ3n) is 6.47. The molecule has 0 radical (unpaired) electrons. The van der Waals surface area contributed by atoms with Crippen LogP contribution in [0, 0.1) is 0 Å². The number of benzene rings is 3. The molecule has 0 saturated carbocycles. The smallest absolute Gasteiger partial charge is 0.336 e. The van der Waals surface area contributed by atoms with Crippen molar-refractivity contribution in [2.75, 3.05) is 18.4 Å². The van der Waals surface area contributed by atoms with E-state index in [4.69, 9.17) is 4.74 Å². The van der Waals surface area contributed by atoms with Crippen molar-refractivity contribution in [3.05, 3.63) is 86.9 Å². The third kappa shape index (κ3) is 2.92. The number of carboxylic acid groups (broad SMARTS) is 1. The lowest BCUT2D eigenvalue weighted by Gasteiger charge is -2.26. The largest absolute Gasteiger partial charge is 0.478 e. The second kappa shape index (κ2) is 6.98. The molecule has 5 nitrogen and oxygen atoms in total. The van der Waals surface area contributed by atoms with Gasteiger partial charge in [-0.05, 0) is 48.6 Å². The molecule has 6 rings (SSSR count). The monoisotopic (exact) mass is 411 g/mol. The fourth-order valence-electron chi connectivity index (χ4n) is 5.00. The van der Waals surface area contributed by atoms with Crippen molar-refractivity contribution in [2.45, 2.75) is 25.7 Å². The summed E-state index contributed by atoms with van der Waals surface area (Å²) in [7, 11) is 0. The van der Waals surface area contributed by atoms with Crippen LogP contribution >= 0.6 is 0 Å². The van der Waals surface area contributed by atoms with Crippen LogP contribution in [-0.2, 0) is 12.8 Å². The molecule has 31 heavy (non-hydrogen) atoms. The number of carbonyl (C=O) groups is 1. The van der Waals surface area contributed by atoms with Crippen LogP contribution in [0.1, 0.15) is 45.5 Å². The van der Waals surface area contributed by atoms with E-state index in [2.05, 4.69) is 34.6 Å². The van der Waals surface area contributed by atoms with Crippen LogP contribution in [0.15, 0.2) is 48.5 Å². The number of aryl methyl sites for hydroxylation is 2. The number of ether oxygens (including phenoxy) is 1. The summed E-state index contributed by atoms with van der Waals surface area (Å²) in [6.07, 6.45) is 4.18. The molecule has 0 aliphatic carbocycles. The van der Waals surface area contributed by atoms with Crippen molar-refractivity contribution in [2.24, 2.45) is 0 Å². The van der Waals surface area contributed by atoms with Crippen molar-refractivity contribution >= 4 is 17.2 Å². The van der Waals surface area contributed by atoms with E-state index in [1.165, 1.54) is 11.1 Å². The number of hydrogen-bond acceptors (Lipinski definition) is 3. The zero-order valence-corrected chi connectivity index (χ0v) is 17.1. The minimum Gasteiger partial charge on any atom is -0.478 e. The van der Waals surface area contributed by atoms with E-state index in [0.29, 0.717) is 5.56 Å². The van der Waals surface area contributed by atoms with Gasteiger partial charge in [-0.2, -0.15) is 0 Å². The maximum Gasteiger partial charge on any atom is 0.336 e. The Labute approximate surface area is 179 Å². The van der Waals surface area contributed by atoms with Crippen molar-refractivity contribution in [3.8, 4) is 11.5 Å². The van der Waals surface area contributed by atoms with Gasteiger partial charge in [0, 0.05) is 46.6 Å². The molecule has 3 heterocycles. The summed E-state index contributed by atoms with van der Waals surface area (Å²) in [5.74, 6) is 0.621. The van der Waals surface area contributed by atoms with Gasteiger partial charge in [-0.1, -0.05) is 18.2 Å². The second-order valence-corrected chi connectivity index (χ2v) is 8.40. The van der Waals surface area contributed by atoms with Crippen LogP contribution in [0.2, 0.25) is 0 Å². The lowest BCUT2D eigenvalue weighted by atomic mass is 9.87. The van der Waals surface area contributed by atoms with Crippen LogP contribution < -0.4 is 25.6 Å². The summed E-state index contributed by atoms with van der Waals surface area (Å²) < 4.78 is 6.41. The molecule has 0 atom stereocenters. The van der Waals surface area contributed by atoms with E-state index < -0.39 is 5.97 Å². The molecule has 154 valence electrons. The topological polar surface area (TPSA) is 72.5 Å². The molecule has 0 saturated heterocycles. The average molecular weight is 411 g/mol. The van der Waals surface area contributed by atoms with Gasteiger partial charge >= 0.3 is 5.97 Å². The standard InChI is InChI=1S/C26H22N2O3/c29-26(30)18-8-2-1-7-17(18)25-19-11-15-5-3-9-27-21(15)13-23(19)31-24-14-22-16(12-20(24)25)6-4-10-28-22/h1-2,7-8,11-14,27H,3-6,9-10H2,(H,29,30)/p+1. The molecule has 3 aliphatic rings.